The number of rotatable bonds is 1. The molecular formula is C10H14BrN3O2. The molecule has 88 valence electrons. The van der Waals surface area contributed by atoms with Crippen LogP contribution < -0.4 is 0 Å². The van der Waals surface area contributed by atoms with Gasteiger partial charge in [0.15, 0.2) is 0 Å². The fraction of sp³-hybridized carbons (Fsp3) is 0.600. The number of hydrogen-bond donors (Lipinski definition) is 1. The van der Waals surface area contributed by atoms with E-state index in [0.29, 0.717) is 19.1 Å². The maximum Gasteiger partial charge on any atom is 0.407 e. The lowest BCUT2D eigenvalue weighted by atomic mass is 10.1. The zero-order valence-corrected chi connectivity index (χ0v) is 10.6. The van der Waals surface area contributed by atoms with Crippen molar-refractivity contribution in [3.05, 3.63) is 16.4 Å². The summed E-state index contributed by atoms with van der Waals surface area (Å²) in [5, 5.41) is 13.2. The molecule has 1 aliphatic rings. The third kappa shape index (κ3) is 2.21. The number of hydrogen-bond acceptors (Lipinski definition) is 2. The van der Waals surface area contributed by atoms with Crippen molar-refractivity contribution in [3.63, 3.8) is 0 Å². The van der Waals surface area contributed by atoms with Crippen molar-refractivity contribution in [1.29, 1.82) is 0 Å². The summed E-state index contributed by atoms with van der Waals surface area (Å²) in [6.07, 6.45) is 2.81. The minimum atomic E-state index is -0.823. The SMILES string of the molecule is Cc1nn(C2CCN(C(=O)O)CC2)cc1Br. The molecule has 2 rings (SSSR count). The second-order valence-corrected chi connectivity index (χ2v) is 4.90. The van der Waals surface area contributed by atoms with Crippen molar-refractivity contribution in [2.45, 2.75) is 25.8 Å². The molecule has 0 unspecified atom stereocenters. The van der Waals surface area contributed by atoms with Crippen molar-refractivity contribution in [2.24, 2.45) is 0 Å². The second kappa shape index (κ2) is 4.45. The lowest BCUT2D eigenvalue weighted by Crippen LogP contribution is -2.38. The number of likely N-dealkylation sites (tertiary alicyclic amines) is 1. The monoisotopic (exact) mass is 287 g/mol. The average molecular weight is 288 g/mol. The largest absolute Gasteiger partial charge is 0.465 e. The summed E-state index contributed by atoms with van der Waals surface area (Å²) < 4.78 is 2.95. The van der Waals surface area contributed by atoms with Crippen LogP contribution in [0.1, 0.15) is 24.6 Å². The highest BCUT2D eigenvalue weighted by atomic mass is 79.9. The molecule has 2 heterocycles. The number of carboxylic acid groups (broad SMARTS) is 1. The summed E-state index contributed by atoms with van der Waals surface area (Å²) in [6, 6.07) is 0.320. The van der Waals surface area contributed by atoms with Gasteiger partial charge >= 0.3 is 6.09 Å². The maximum atomic E-state index is 10.8. The zero-order valence-electron chi connectivity index (χ0n) is 9.06. The average Bonchev–Trinajstić information content (AvgIpc) is 2.59. The highest BCUT2D eigenvalue weighted by Crippen LogP contribution is 2.24. The quantitative estimate of drug-likeness (QED) is 0.862. The molecule has 1 fully saturated rings. The van der Waals surface area contributed by atoms with Gasteiger partial charge in [-0.2, -0.15) is 5.10 Å². The minimum Gasteiger partial charge on any atom is -0.465 e. The van der Waals surface area contributed by atoms with Gasteiger partial charge in [-0.1, -0.05) is 0 Å². The van der Waals surface area contributed by atoms with Crippen LogP contribution in [0.2, 0.25) is 0 Å². The van der Waals surface area contributed by atoms with Gasteiger partial charge in [-0.3, -0.25) is 4.68 Å². The zero-order chi connectivity index (χ0) is 11.7. The first-order valence-electron chi connectivity index (χ1n) is 5.27. The topological polar surface area (TPSA) is 58.4 Å². The Balaban J connectivity index is 2.01. The molecule has 1 aromatic heterocycles. The van der Waals surface area contributed by atoms with Crippen LogP contribution in [0, 0.1) is 6.92 Å². The first-order valence-corrected chi connectivity index (χ1v) is 6.06. The molecule has 0 bridgehead atoms. The Bertz CT molecular complexity index is 377. The van der Waals surface area contributed by atoms with E-state index in [2.05, 4.69) is 21.0 Å². The van der Waals surface area contributed by atoms with Gasteiger partial charge in [0.25, 0.3) is 0 Å². The van der Waals surface area contributed by atoms with Gasteiger partial charge in [-0.05, 0) is 35.7 Å². The molecule has 1 amide bonds. The fourth-order valence-electron chi connectivity index (χ4n) is 1.97. The van der Waals surface area contributed by atoms with E-state index in [0.717, 1.165) is 23.0 Å². The van der Waals surface area contributed by atoms with Crippen LogP contribution in [0.3, 0.4) is 0 Å². The predicted octanol–water partition coefficient (Wildman–Crippen LogP) is 2.27. The first kappa shape index (κ1) is 11.4. The van der Waals surface area contributed by atoms with Gasteiger partial charge in [0, 0.05) is 19.3 Å². The van der Waals surface area contributed by atoms with Gasteiger partial charge in [0.2, 0.25) is 0 Å². The van der Waals surface area contributed by atoms with Crippen molar-refractivity contribution in [2.75, 3.05) is 13.1 Å². The van der Waals surface area contributed by atoms with E-state index in [1.807, 2.05) is 17.8 Å². The normalized spacial score (nSPS) is 17.8. The minimum absolute atomic E-state index is 0.320. The highest BCUT2D eigenvalue weighted by Gasteiger charge is 2.24. The molecule has 0 radical (unpaired) electrons. The Kier molecular flexibility index (Phi) is 3.18. The molecule has 0 saturated carbocycles. The van der Waals surface area contributed by atoms with Crippen molar-refractivity contribution in [1.82, 2.24) is 14.7 Å². The molecule has 0 aliphatic carbocycles. The summed E-state index contributed by atoms with van der Waals surface area (Å²) in [6.45, 7) is 3.14. The number of nitrogens with zero attached hydrogens (tertiary/aromatic N) is 3. The van der Waals surface area contributed by atoms with E-state index >= 15 is 0 Å². The molecule has 1 aromatic rings. The summed E-state index contributed by atoms with van der Waals surface area (Å²) in [7, 11) is 0. The lowest BCUT2D eigenvalue weighted by Gasteiger charge is -2.30. The van der Waals surface area contributed by atoms with E-state index in [-0.39, 0.29) is 0 Å². The molecule has 16 heavy (non-hydrogen) atoms. The molecule has 1 aliphatic heterocycles. The van der Waals surface area contributed by atoms with Gasteiger partial charge in [-0.15, -0.1) is 0 Å². The number of aromatic nitrogens is 2. The molecule has 5 nitrogen and oxygen atoms in total. The van der Waals surface area contributed by atoms with Gasteiger partial charge < -0.3 is 10.0 Å². The Morgan fingerprint density at radius 1 is 1.56 bits per heavy atom. The first-order chi connectivity index (χ1) is 7.58. The van der Waals surface area contributed by atoms with Gasteiger partial charge in [0.05, 0.1) is 16.2 Å². The maximum absolute atomic E-state index is 10.8. The summed E-state index contributed by atoms with van der Waals surface area (Å²) in [4.78, 5) is 12.2. The van der Waals surface area contributed by atoms with Crippen molar-refractivity contribution < 1.29 is 9.90 Å². The van der Waals surface area contributed by atoms with Crippen LogP contribution in [0.15, 0.2) is 10.7 Å². The number of amides is 1. The molecule has 1 saturated heterocycles. The molecule has 0 atom stereocenters. The Morgan fingerprint density at radius 2 is 2.19 bits per heavy atom. The van der Waals surface area contributed by atoms with E-state index in [1.165, 1.54) is 4.90 Å². The Morgan fingerprint density at radius 3 is 2.62 bits per heavy atom. The smallest absolute Gasteiger partial charge is 0.407 e. The van der Waals surface area contributed by atoms with E-state index in [1.54, 1.807) is 0 Å². The van der Waals surface area contributed by atoms with Gasteiger partial charge in [-0.25, -0.2) is 4.79 Å². The molecule has 0 aromatic carbocycles. The van der Waals surface area contributed by atoms with Crippen LogP contribution in [0.25, 0.3) is 0 Å². The fourth-order valence-corrected chi connectivity index (χ4v) is 2.26. The lowest BCUT2D eigenvalue weighted by molar-refractivity contribution is 0.124. The molecule has 1 N–H and O–H groups in total. The molecular weight excluding hydrogens is 274 g/mol. The van der Waals surface area contributed by atoms with Crippen LogP contribution in [-0.4, -0.2) is 39.0 Å². The summed E-state index contributed by atoms with van der Waals surface area (Å²) in [5.41, 5.74) is 0.973. The van der Waals surface area contributed by atoms with Crippen LogP contribution in [0.4, 0.5) is 4.79 Å². The summed E-state index contributed by atoms with van der Waals surface area (Å²) in [5.74, 6) is 0. The Labute approximate surface area is 102 Å². The molecule has 6 heteroatoms. The highest BCUT2D eigenvalue weighted by molar-refractivity contribution is 9.10. The molecule has 0 spiro atoms. The van der Waals surface area contributed by atoms with Crippen molar-refractivity contribution >= 4 is 22.0 Å². The van der Waals surface area contributed by atoms with Crippen LogP contribution in [-0.2, 0) is 0 Å². The summed E-state index contributed by atoms with van der Waals surface area (Å²) >= 11 is 3.43. The second-order valence-electron chi connectivity index (χ2n) is 4.04. The number of aryl methyl sites for hydroxylation is 1. The van der Waals surface area contributed by atoms with Crippen LogP contribution >= 0.6 is 15.9 Å². The predicted molar refractivity (Wildman–Crippen MR) is 62.5 cm³/mol. The van der Waals surface area contributed by atoms with Crippen LogP contribution in [0.5, 0.6) is 0 Å². The third-order valence-corrected chi connectivity index (χ3v) is 3.74. The van der Waals surface area contributed by atoms with E-state index in [4.69, 9.17) is 5.11 Å². The number of halogens is 1. The van der Waals surface area contributed by atoms with E-state index in [9.17, 15) is 4.79 Å². The van der Waals surface area contributed by atoms with E-state index < -0.39 is 6.09 Å². The standard InChI is InChI=1S/C10H14BrN3O2/c1-7-9(11)6-14(12-7)8-2-4-13(5-3-8)10(15)16/h6,8H,2-5H2,1H3,(H,15,16). The Hall–Kier alpha value is -1.04. The van der Waals surface area contributed by atoms with Crippen molar-refractivity contribution in [3.8, 4) is 0 Å². The third-order valence-electron chi connectivity index (χ3n) is 2.97. The van der Waals surface area contributed by atoms with Gasteiger partial charge in [0.1, 0.15) is 0 Å². The number of piperidine rings is 1. The number of carbonyl (C=O) groups is 1.